The Morgan fingerprint density at radius 2 is 2.00 bits per heavy atom. The van der Waals surface area contributed by atoms with Crippen molar-refractivity contribution in [2.24, 2.45) is 22.6 Å². The number of nitrogens with zero attached hydrogens (tertiary/aromatic N) is 2. The number of guanidine groups is 1. The standard InChI is InChI=1S/C17H25N3/c1-12-8-9-14(3)17(10-12)11-19-16(18)20(17)15-7-5-4-6-13(15)2/h4-7,12,14H,8-11H2,1-3H3,(H2,18,19). The van der Waals surface area contributed by atoms with Crippen molar-refractivity contribution in [3.8, 4) is 0 Å². The summed E-state index contributed by atoms with van der Waals surface area (Å²) < 4.78 is 0. The minimum absolute atomic E-state index is 0.0911. The third-order valence-electron chi connectivity index (χ3n) is 5.26. The molecule has 3 rings (SSSR count). The van der Waals surface area contributed by atoms with Crippen molar-refractivity contribution in [2.75, 3.05) is 11.4 Å². The zero-order valence-corrected chi connectivity index (χ0v) is 12.8. The molecular weight excluding hydrogens is 246 g/mol. The zero-order chi connectivity index (χ0) is 14.3. The van der Waals surface area contributed by atoms with E-state index in [1.165, 1.54) is 30.5 Å². The number of anilines is 1. The summed E-state index contributed by atoms with van der Waals surface area (Å²) in [6.45, 7) is 7.73. The van der Waals surface area contributed by atoms with E-state index in [0.717, 1.165) is 12.5 Å². The Morgan fingerprint density at radius 3 is 2.75 bits per heavy atom. The van der Waals surface area contributed by atoms with Gasteiger partial charge in [0.15, 0.2) is 5.96 Å². The summed E-state index contributed by atoms with van der Waals surface area (Å²) in [5.41, 5.74) is 8.86. The summed E-state index contributed by atoms with van der Waals surface area (Å²) in [6.07, 6.45) is 3.78. The fraction of sp³-hybridized carbons (Fsp3) is 0.588. The minimum atomic E-state index is 0.0911. The lowest BCUT2D eigenvalue weighted by molar-refractivity contribution is 0.178. The van der Waals surface area contributed by atoms with Crippen LogP contribution in [0.4, 0.5) is 5.69 Å². The van der Waals surface area contributed by atoms with E-state index in [4.69, 9.17) is 5.73 Å². The van der Waals surface area contributed by atoms with Crippen LogP contribution in [0.25, 0.3) is 0 Å². The summed E-state index contributed by atoms with van der Waals surface area (Å²) in [7, 11) is 0. The first kappa shape index (κ1) is 13.5. The molecule has 3 heteroatoms. The number of hydrogen-bond donors (Lipinski definition) is 1. The van der Waals surface area contributed by atoms with E-state index in [2.05, 4.69) is 54.9 Å². The van der Waals surface area contributed by atoms with Gasteiger partial charge < -0.3 is 10.6 Å². The maximum Gasteiger partial charge on any atom is 0.196 e. The molecule has 1 saturated carbocycles. The van der Waals surface area contributed by atoms with E-state index in [0.29, 0.717) is 11.9 Å². The third kappa shape index (κ3) is 1.91. The molecule has 1 aromatic carbocycles. The van der Waals surface area contributed by atoms with Crippen molar-refractivity contribution in [1.29, 1.82) is 0 Å². The zero-order valence-electron chi connectivity index (χ0n) is 12.8. The van der Waals surface area contributed by atoms with Gasteiger partial charge in [0.2, 0.25) is 0 Å². The van der Waals surface area contributed by atoms with Crippen molar-refractivity contribution in [3.63, 3.8) is 0 Å². The lowest BCUT2D eigenvalue weighted by Gasteiger charge is -2.48. The molecule has 3 unspecified atom stereocenters. The highest BCUT2D eigenvalue weighted by atomic mass is 15.4. The largest absolute Gasteiger partial charge is 0.369 e. The number of aryl methyl sites for hydroxylation is 1. The Balaban J connectivity index is 2.06. The van der Waals surface area contributed by atoms with Gasteiger partial charge in [-0.3, -0.25) is 4.99 Å². The van der Waals surface area contributed by atoms with Crippen LogP contribution in [0.15, 0.2) is 29.3 Å². The molecule has 2 N–H and O–H groups in total. The van der Waals surface area contributed by atoms with E-state index < -0.39 is 0 Å². The van der Waals surface area contributed by atoms with Crippen molar-refractivity contribution in [3.05, 3.63) is 29.8 Å². The van der Waals surface area contributed by atoms with Crippen LogP contribution in [0.3, 0.4) is 0 Å². The number of para-hydroxylation sites is 1. The monoisotopic (exact) mass is 271 g/mol. The minimum Gasteiger partial charge on any atom is -0.369 e. The molecule has 1 fully saturated rings. The Kier molecular flexibility index (Phi) is 3.23. The van der Waals surface area contributed by atoms with Crippen LogP contribution in [0.5, 0.6) is 0 Å². The van der Waals surface area contributed by atoms with Gasteiger partial charge in [0.25, 0.3) is 0 Å². The molecule has 1 aliphatic heterocycles. The molecule has 0 amide bonds. The summed E-state index contributed by atoms with van der Waals surface area (Å²) >= 11 is 0. The number of benzene rings is 1. The van der Waals surface area contributed by atoms with Crippen LogP contribution in [0, 0.1) is 18.8 Å². The van der Waals surface area contributed by atoms with Gasteiger partial charge in [0, 0.05) is 5.69 Å². The van der Waals surface area contributed by atoms with Gasteiger partial charge in [-0.15, -0.1) is 0 Å². The van der Waals surface area contributed by atoms with Gasteiger partial charge in [-0.1, -0.05) is 38.5 Å². The Morgan fingerprint density at radius 1 is 1.25 bits per heavy atom. The van der Waals surface area contributed by atoms with E-state index in [9.17, 15) is 0 Å². The molecule has 1 aliphatic carbocycles. The predicted octanol–water partition coefficient (Wildman–Crippen LogP) is 3.32. The van der Waals surface area contributed by atoms with Crippen LogP contribution in [0.1, 0.15) is 38.7 Å². The Hall–Kier alpha value is -1.51. The highest BCUT2D eigenvalue weighted by molar-refractivity contribution is 5.99. The Labute approximate surface area is 121 Å². The van der Waals surface area contributed by atoms with Gasteiger partial charge in [-0.05, 0) is 43.2 Å². The molecule has 1 aromatic rings. The van der Waals surface area contributed by atoms with Crippen molar-refractivity contribution in [2.45, 2.75) is 45.6 Å². The summed E-state index contributed by atoms with van der Waals surface area (Å²) in [5, 5.41) is 0. The first-order valence-corrected chi connectivity index (χ1v) is 7.70. The smallest absolute Gasteiger partial charge is 0.196 e. The van der Waals surface area contributed by atoms with Gasteiger partial charge in [-0.25, -0.2) is 0 Å². The normalized spacial score (nSPS) is 33.5. The Bertz CT molecular complexity index is 537. The van der Waals surface area contributed by atoms with E-state index >= 15 is 0 Å². The first-order valence-electron chi connectivity index (χ1n) is 7.70. The summed E-state index contributed by atoms with van der Waals surface area (Å²) in [6, 6.07) is 8.52. The van der Waals surface area contributed by atoms with Gasteiger partial charge >= 0.3 is 0 Å². The van der Waals surface area contributed by atoms with Crippen molar-refractivity contribution in [1.82, 2.24) is 0 Å². The second-order valence-corrected chi connectivity index (χ2v) is 6.69. The lowest BCUT2D eigenvalue weighted by Crippen LogP contribution is -2.58. The number of nitrogens with two attached hydrogens (primary N) is 1. The molecule has 0 radical (unpaired) electrons. The predicted molar refractivity (Wildman–Crippen MR) is 85.1 cm³/mol. The molecule has 20 heavy (non-hydrogen) atoms. The summed E-state index contributed by atoms with van der Waals surface area (Å²) in [5.74, 6) is 2.07. The molecule has 1 spiro atoms. The number of aliphatic imine (C=N–C) groups is 1. The molecule has 0 bridgehead atoms. The average Bonchev–Trinajstić information content (AvgIpc) is 2.73. The highest BCUT2D eigenvalue weighted by Crippen LogP contribution is 2.45. The van der Waals surface area contributed by atoms with E-state index in [1.54, 1.807) is 0 Å². The van der Waals surface area contributed by atoms with E-state index in [1.807, 2.05) is 0 Å². The van der Waals surface area contributed by atoms with Crippen molar-refractivity contribution >= 4 is 11.6 Å². The number of hydrogen-bond acceptors (Lipinski definition) is 3. The summed E-state index contributed by atoms with van der Waals surface area (Å²) in [4.78, 5) is 6.95. The molecule has 1 heterocycles. The SMILES string of the molecule is Cc1ccccc1N1C(N)=NCC12CC(C)CCC2C. The van der Waals surface area contributed by atoms with Gasteiger partial charge in [-0.2, -0.15) is 0 Å². The van der Waals surface area contributed by atoms with Crippen LogP contribution in [-0.4, -0.2) is 18.0 Å². The molecule has 0 saturated heterocycles. The maximum atomic E-state index is 6.27. The molecule has 108 valence electrons. The van der Waals surface area contributed by atoms with Gasteiger partial charge in [0.1, 0.15) is 0 Å². The molecular formula is C17H25N3. The average molecular weight is 271 g/mol. The van der Waals surface area contributed by atoms with Crippen LogP contribution in [0.2, 0.25) is 0 Å². The molecule has 3 nitrogen and oxygen atoms in total. The van der Waals surface area contributed by atoms with E-state index in [-0.39, 0.29) is 5.54 Å². The molecule has 2 aliphatic rings. The maximum absolute atomic E-state index is 6.27. The quantitative estimate of drug-likeness (QED) is 0.851. The van der Waals surface area contributed by atoms with Gasteiger partial charge in [0.05, 0.1) is 12.1 Å². The van der Waals surface area contributed by atoms with Crippen LogP contribution < -0.4 is 10.6 Å². The van der Waals surface area contributed by atoms with Crippen LogP contribution in [-0.2, 0) is 0 Å². The second-order valence-electron chi connectivity index (χ2n) is 6.69. The van der Waals surface area contributed by atoms with Crippen LogP contribution >= 0.6 is 0 Å². The second kappa shape index (κ2) is 4.80. The molecule has 0 aromatic heterocycles. The third-order valence-corrected chi connectivity index (χ3v) is 5.26. The fourth-order valence-electron chi connectivity index (χ4n) is 4.01. The first-order chi connectivity index (χ1) is 9.54. The highest BCUT2D eigenvalue weighted by Gasteiger charge is 2.49. The topological polar surface area (TPSA) is 41.6 Å². The lowest BCUT2D eigenvalue weighted by atomic mass is 9.69. The fourth-order valence-corrected chi connectivity index (χ4v) is 4.01. The van der Waals surface area contributed by atoms with Crippen molar-refractivity contribution < 1.29 is 0 Å². The molecule has 3 atom stereocenters. The number of rotatable bonds is 1.